The van der Waals surface area contributed by atoms with E-state index in [4.69, 9.17) is 10.7 Å². The fourth-order valence-electron chi connectivity index (χ4n) is 3.96. The van der Waals surface area contributed by atoms with Crippen molar-refractivity contribution in [1.82, 2.24) is 29.5 Å². The Hall–Kier alpha value is -3.59. The summed E-state index contributed by atoms with van der Waals surface area (Å²) in [6, 6.07) is 8.32. The van der Waals surface area contributed by atoms with Crippen LogP contribution in [-0.2, 0) is 0 Å². The molecule has 0 aromatic carbocycles. The first-order valence-corrected chi connectivity index (χ1v) is 10.5. The van der Waals surface area contributed by atoms with Crippen LogP contribution in [0.5, 0.6) is 0 Å². The number of nitrogens with two attached hydrogens (primary N) is 1. The van der Waals surface area contributed by atoms with Crippen molar-refractivity contribution in [2.45, 2.75) is 44.7 Å². The molecular weight excluding hydrogens is 390 g/mol. The fraction of sp³-hybridized carbons (Fsp3) is 0.318. The summed E-state index contributed by atoms with van der Waals surface area (Å²) in [5.41, 5.74) is 10.5. The van der Waals surface area contributed by atoms with Crippen molar-refractivity contribution in [2.75, 3.05) is 10.6 Å². The van der Waals surface area contributed by atoms with Crippen LogP contribution >= 0.6 is 0 Å². The zero-order valence-corrected chi connectivity index (χ0v) is 17.4. The van der Waals surface area contributed by atoms with E-state index in [-0.39, 0.29) is 0 Å². The Kier molecular flexibility index (Phi) is 5.17. The second-order valence-electron chi connectivity index (χ2n) is 8.00. The van der Waals surface area contributed by atoms with Gasteiger partial charge in [-0.2, -0.15) is 5.10 Å². The maximum Gasteiger partial charge on any atom is 0.223 e. The zero-order valence-electron chi connectivity index (χ0n) is 17.4. The minimum absolute atomic E-state index is 0.315. The first kappa shape index (κ1) is 19.4. The van der Waals surface area contributed by atoms with Gasteiger partial charge in [-0.15, -0.1) is 5.10 Å². The smallest absolute Gasteiger partial charge is 0.223 e. The fourth-order valence-corrected chi connectivity index (χ4v) is 3.96. The summed E-state index contributed by atoms with van der Waals surface area (Å²) in [7, 11) is 0. The van der Waals surface area contributed by atoms with E-state index in [9.17, 15) is 0 Å². The maximum atomic E-state index is 6.03. The molecule has 1 saturated carbocycles. The number of pyridine rings is 1. The van der Waals surface area contributed by atoms with Gasteiger partial charge in [0.1, 0.15) is 5.65 Å². The minimum atomic E-state index is 0.315. The second-order valence-corrected chi connectivity index (χ2v) is 8.00. The van der Waals surface area contributed by atoms with Crippen LogP contribution in [0.2, 0.25) is 0 Å². The van der Waals surface area contributed by atoms with E-state index in [1.165, 1.54) is 0 Å². The molecule has 1 aliphatic carbocycles. The molecule has 0 bridgehead atoms. The van der Waals surface area contributed by atoms with E-state index in [0.717, 1.165) is 54.0 Å². The summed E-state index contributed by atoms with van der Waals surface area (Å²) in [5.74, 6) is 1.32. The number of rotatable bonds is 5. The maximum absolute atomic E-state index is 6.03. The Labute approximate surface area is 180 Å². The van der Waals surface area contributed by atoms with Crippen LogP contribution in [0.25, 0.3) is 17.0 Å². The molecule has 5 rings (SSSR count). The van der Waals surface area contributed by atoms with Gasteiger partial charge in [0.2, 0.25) is 5.95 Å². The molecule has 158 valence electrons. The number of imidazole rings is 1. The van der Waals surface area contributed by atoms with Gasteiger partial charge in [0.15, 0.2) is 5.82 Å². The lowest BCUT2D eigenvalue weighted by Crippen LogP contribution is -2.33. The Bertz CT molecular complexity index is 1180. The average Bonchev–Trinajstić information content (AvgIpc) is 3.20. The van der Waals surface area contributed by atoms with E-state index < -0.39 is 0 Å². The molecule has 1 aliphatic rings. The van der Waals surface area contributed by atoms with Gasteiger partial charge < -0.3 is 16.4 Å². The summed E-state index contributed by atoms with van der Waals surface area (Å²) in [4.78, 5) is 13.9. The first-order valence-electron chi connectivity index (χ1n) is 10.5. The van der Waals surface area contributed by atoms with Crippen molar-refractivity contribution in [3.05, 3.63) is 54.6 Å². The predicted molar refractivity (Wildman–Crippen MR) is 120 cm³/mol. The average molecular weight is 416 g/mol. The topological polar surface area (TPSA) is 119 Å². The van der Waals surface area contributed by atoms with E-state index in [0.29, 0.717) is 23.8 Å². The van der Waals surface area contributed by atoms with Crippen molar-refractivity contribution in [1.29, 1.82) is 0 Å². The van der Waals surface area contributed by atoms with Crippen LogP contribution in [0.15, 0.2) is 49.1 Å². The number of aromatic nitrogens is 6. The molecule has 31 heavy (non-hydrogen) atoms. The van der Waals surface area contributed by atoms with Gasteiger partial charge in [-0.1, -0.05) is 0 Å². The number of nitrogens with zero attached hydrogens (tertiary/aromatic N) is 6. The summed E-state index contributed by atoms with van der Waals surface area (Å²) in [6.45, 7) is 2.01. The lowest BCUT2D eigenvalue weighted by Gasteiger charge is -2.26. The Morgan fingerprint density at radius 1 is 1.06 bits per heavy atom. The molecule has 4 heterocycles. The minimum Gasteiger partial charge on any atom is -0.351 e. The van der Waals surface area contributed by atoms with Crippen LogP contribution in [0, 0.1) is 6.92 Å². The highest BCUT2D eigenvalue weighted by atomic mass is 15.2. The van der Waals surface area contributed by atoms with Crippen LogP contribution in [-0.4, -0.2) is 41.6 Å². The molecule has 4 aromatic heterocycles. The van der Waals surface area contributed by atoms with Crippen LogP contribution in [0.1, 0.15) is 31.2 Å². The highest BCUT2D eigenvalue weighted by molar-refractivity contribution is 5.67. The van der Waals surface area contributed by atoms with E-state index >= 15 is 0 Å². The molecule has 1 fully saturated rings. The van der Waals surface area contributed by atoms with Crippen molar-refractivity contribution in [2.24, 2.45) is 5.73 Å². The molecule has 9 nitrogen and oxygen atoms in total. The summed E-state index contributed by atoms with van der Waals surface area (Å²) in [6.07, 6.45) is 11.5. The number of hydrogen-bond donors (Lipinski definition) is 3. The highest BCUT2D eigenvalue weighted by Gasteiger charge is 2.20. The van der Waals surface area contributed by atoms with Crippen LogP contribution in [0.4, 0.5) is 17.5 Å². The van der Waals surface area contributed by atoms with Crippen LogP contribution < -0.4 is 16.4 Å². The predicted octanol–water partition coefficient (Wildman–Crippen LogP) is 3.32. The van der Waals surface area contributed by atoms with Gasteiger partial charge in [-0.05, 0) is 62.4 Å². The monoisotopic (exact) mass is 415 g/mol. The Morgan fingerprint density at radius 3 is 2.74 bits per heavy atom. The number of anilines is 3. The van der Waals surface area contributed by atoms with E-state index in [2.05, 4.69) is 30.8 Å². The second kappa shape index (κ2) is 8.27. The molecule has 0 spiro atoms. The van der Waals surface area contributed by atoms with E-state index in [1.807, 2.05) is 54.2 Å². The summed E-state index contributed by atoms with van der Waals surface area (Å²) in [5, 5.41) is 14.8. The van der Waals surface area contributed by atoms with Gasteiger partial charge in [-0.25, -0.2) is 15.0 Å². The highest BCUT2D eigenvalue weighted by Crippen LogP contribution is 2.26. The van der Waals surface area contributed by atoms with Gasteiger partial charge >= 0.3 is 0 Å². The molecule has 0 atom stereocenters. The molecular formula is C22H25N9. The number of aryl methyl sites for hydroxylation is 1. The SMILES string of the molecule is Cc1cnc(N[C@H]2CC[C@H](N)CC2)nc1-c1cnc2ccc(Nc3cccnn3)cn12. The molecule has 0 saturated heterocycles. The van der Waals surface area contributed by atoms with Crippen molar-refractivity contribution < 1.29 is 0 Å². The molecule has 4 N–H and O–H groups in total. The molecule has 0 amide bonds. The third-order valence-electron chi connectivity index (χ3n) is 5.67. The lowest BCUT2D eigenvalue weighted by molar-refractivity contribution is 0.410. The molecule has 9 heteroatoms. The molecule has 0 aliphatic heterocycles. The normalized spacial score (nSPS) is 18.8. The molecule has 4 aromatic rings. The molecule has 0 unspecified atom stereocenters. The van der Waals surface area contributed by atoms with Gasteiger partial charge in [0.25, 0.3) is 0 Å². The van der Waals surface area contributed by atoms with Crippen molar-refractivity contribution >= 4 is 23.1 Å². The van der Waals surface area contributed by atoms with E-state index in [1.54, 1.807) is 6.20 Å². The molecule has 0 radical (unpaired) electrons. The summed E-state index contributed by atoms with van der Waals surface area (Å²) < 4.78 is 2.03. The number of hydrogen-bond acceptors (Lipinski definition) is 8. The summed E-state index contributed by atoms with van der Waals surface area (Å²) >= 11 is 0. The Morgan fingerprint density at radius 2 is 1.94 bits per heavy atom. The third kappa shape index (κ3) is 4.17. The quantitative estimate of drug-likeness (QED) is 0.454. The zero-order chi connectivity index (χ0) is 21.2. The van der Waals surface area contributed by atoms with Gasteiger partial charge in [-0.3, -0.25) is 4.40 Å². The first-order chi connectivity index (χ1) is 15.2. The van der Waals surface area contributed by atoms with Gasteiger partial charge in [0, 0.05) is 30.7 Å². The Balaban J connectivity index is 1.45. The lowest BCUT2D eigenvalue weighted by atomic mass is 9.92. The van der Waals surface area contributed by atoms with Crippen LogP contribution in [0.3, 0.4) is 0 Å². The third-order valence-corrected chi connectivity index (χ3v) is 5.67. The van der Waals surface area contributed by atoms with Crippen molar-refractivity contribution in [3.63, 3.8) is 0 Å². The van der Waals surface area contributed by atoms with Crippen molar-refractivity contribution in [3.8, 4) is 11.4 Å². The number of fused-ring (bicyclic) bond motifs is 1. The van der Waals surface area contributed by atoms with Gasteiger partial charge in [0.05, 0.1) is 23.3 Å². The number of nitrogens with one attached hydrogen (secondary N) is 2. The standard InChI is InChI=1S/C22H25N9/c1-14-11-25-22(28-16-6-4-15(23)5-7-16)29-21(14)18-12-24-20-9-8-17(13-31(18)20)27-19-3-2-10-26-30-19/h2-3,8-13,15-16H,4-7,23H2,1H3,(H,27,30)(H,25,28,29)/t15-,16-. The largest absolute Gasteiger partial charge is 0.351 e.